The molecule has 1 heterocycles. The van der Waals surface area contributed by atoms with Gasteiger partial charge in [0.15, 0.2) is 0 Å². The number of esters is 2. The molecule has 8 nitrogen and oxygen atoms in total. The number of nitrogens with one attached hydrogen (secondary N) is 2. The Hall–Kier alpha value is -3.17. The fraction of sp³-hybridized carbons (Fsp3) is 0.261. The number of hydrogen-bond acceptors (Lipinski definition) is 7. The zero-order valence-electron chi connectivity index (χ0n) is 18.3. The molecule has 1 unspecified atom stereocenters. The Morgan fingerprint density at radius 3 is 2.45 bits per heavy atom. The van der Waals surface area contributed by atoms with E-state index in [9.17, 15) is 14.4 Å². The number of methoxy groups -OCH3 is 1. The lowest BCUT2D eigenvalue weighted by Gasteiger charge is -2.29. The Labute approximate surface area is 200 Å². The molecule has 0 radical (unpaired) electrons. The van der Waals surface area contributed by atoms with E-state index in [0.29, 0.717) is 11.3 Å². The van der Waals surface area contributed by atoms with Crippen LogP contribution in [0.25, 0.3) is 0 Å². The first-order valence-corrected chi connectivity index (χ1v) is 11.6. The molecule has 2 aromatic carbocycles. The van der Waals surface area contributed by atoms with Gasteiger partial charge in [-0.15, -0.1) is 11.8 Å². The van der Waals surface area contributed by atoms with Crippen LogP contribution in [0.2, 0.25) is 5.02 Å². The van der Waals surface area contributed by atoms with Crippen LogP contribution in [0.3, 0.4) is 0 Å². The number of rotatable bonds is 8. The standard InChI is InChI=1S/C23H23ClN2O6S/c1-4-31-22(28)19-18(12-32-21(27)16-11-15(33-3)9-10-17(16)24)25-23(29)26-20(19)13-5-7-14(30-2)8-6-13/h5-11,20H,4,12H2,1-3H3,(H2,25,26,29). The van der Waals surface area contributed by atoms with Crippen LogP contribution in [-0.2, 0) is 14.3 Å². The minimum Gasteiger partial charge on any atom is -0.497 e. The number of urea groups is 1. The van der Waals surface area contributed by atoms with Crippen LogP contribution >= 0.6 is 23.4 Å². The van der Waals surface area contributed by atoms with Crippen LogP contribution in [0, 0.1) is 0 Å². The van der Waals surface area contributed by atoms with Crippen molar-refractivity contribution in [3.05, 3.63) is 69.9 Å². The lowest BCUT2D eigenvalue weighted by atomic mass is 9.95. The van der Waals surface area contributed by atoms with Gasteiger partial charge in [0.2, 0.25) is 0 Å². The Bertz CT molecular complexity index is 1090. The summed E-state index contributed by atoms with van der Waals surface area (Å²) in [6, 6.07) is 10.6. The summed E-state index contributed by atoms with van der Waals surface area (Å²) >= 11 is 7.61. The molecule has 0 bridgehead atoms. The van der Waals surface area contributed by atoms with Crippen molar-refractivity contribution < 1.29 is 28.6 Å². The average Bonchev–Trinajstić information content (AvgIpc) is 2.82. The molecule has 3 rings (SSSR count). The highest BCUT2D eigenvalue weighted by Gasteiger charge is 2.34. The monoisotopic (exact) mass is 490 g/mol. The molecule has 2 amide bonds. The van der Waals surface area contributed by atoms with Crippen molar-refractivity contribution in [1.82, 2.24) is 10.6 Å². The van der Waals surface area contributed by atoms with Crippen molar-refractivity contribution in [3.8, 4) is 5.75 Å². The molecule has 0 saturated carbocycles. The van der Waals surface area contributed by atoms with E-state index >= 15 is 0 Å². The molecule has 0 fully saturated rings. The number of carbonyl (C=O) groups excluding carboxylic acids is 3. The Balaban J connectivity index is 1.93. The maximum Gasteiger partial charge on any atom is 0.340 e. The Morgan fingerprint density at radius 2 is 1.82 bits per heavy atom. The first-order chi connectivity index (χ1) is 15.9. The number of hydrogen-bond donors (Lipinski definition) is 2. The molecular weight excluding hydrogens is 468 g/mol. The van der Waals surface area contributed by atoms with E-state index in [1.54, 1.807) is 56.5 Å². The maximum atomic E-state index is 12.8. The summed E-state index contributed by atoms with van der Waals surface area (Å²) in [5.41, 5.74) is 1.09. The maximum absolute atomic E-state index is 12.8. The molecule has 10 heteroatoms. The quantitative estimate of drug-likeness (QED) is 0.424. The van der Waals surface area contributed by atoms with E-state index in [1.165, 1.54) is 11.8 Å². The van der Waals surface area contributed by atoms with Gasteiger partial charge in [-0.3, -0.25) is 0 Å². The van der Waals surface area contributed by atoms with Gasteiger partial charge in [-0.1, -0.05) is 23.7 Å². The van der Waals surface area contributed by atoms with Crippen molar-refractivity contribution in [1.29, 1.82) is 0 Å². The number of benzene rings is 2. The highest BCUT2D eigenvalue weighted by molar-refractivity contribution is 7.98. The first-order valence-electron chi connectivity index (χ1n) is 10.00. The van der Waals surface area contributed by atoms with Crippen LogP contribution in [-0.4, -0.2) is 44.5 Å². The van der Waals surface area contributed by atoms with Crippen LogP contribution in [0.4, 0.5) is 4.79 Å². The number of amides is 2. The average molecular weight is 491 g/mol. The Morgan fingerprint density at radius 1 is 1.09 bits per heavy atom. The van der Waals surface area contributed by atoms with Gasteiger partial charge >= 0.3 is 18.0 Å². The Kier molecular flexibility index (Phi) is 8.24. The molecule has 174 valence electrons. The third kappa shape index (κ3) is 5.80. The molecule has 0 spiro atoms. The van der Waals surface area contributed by atoms with Gasteiger partial charge in [0.1, 0.15) is 12.4 Å². The molecule has 0 saturated heterocycles. The molecule has 2 aromatic rings. The molecule has 1 atom stereocenters. The van der Waals surface area contributed by atoms with E-state index in [0.717, 1.165) is 4.90 Å². The number of halogens is 1. The van der Waals surface area contributed by atoms with Crippen molar-refractivity contribution in [2.45, 2.75) is 17.9 Å². The zero-order valence-corrected chi connectivity index (χ0v) is 19.8. The summed E-state index contributed by atoms with van der Waals surface area (Å²) in [5.74, 6) is -0.696. The third-order valence-electron chi connectivity index (χ3n) is 4.84. The summed E-state index contributed by atoms with van der Waals surface area (Å²) in [6.07, 6.45) is 1.87. The minimum absolute atomic E-state index is 0.128. The second-order valence-electron chi connectivity index (χ2n) is 6.84. The van der Waals surface area contributed by atoms with Crippen LogP contribution in [0.1, 0.15) is 28.9 Å². The lowest BCUT2D eigenvalue weighted by Crippen LogP contribution is -2.47. The predicted molar refractivity (Wildman–Crippen MR) is 125 cm³/mol. The first kappa shape index (κ1) is 24.5. The summed E-state index contributed by atoms with van der Waals surface area (Å²) in [4.78, 5) is 38.7. The topological polar surface area (TPSA) is 103 Å². The van der Waals surface area contributed by atoms with E-state index in [4.69, 9.17) is 25.8 Å². The zero-order chi connectivity index (χ0) is 24.0. The van der Waals surface area contributed by atoms with E-state index < -0.39 is 24.0 Å². The van der Waals surface area contributed by atoms with Crippen molar-refractivity contribution >= 4 is 41.3 Å². The molecular formula is C23H23ClN2O6S. The normalized spacial score (nSPS) is 15.4. The largest absolute Gasteiger partial charge is 0.497 e. The van der Waals surface area contributed by atoms with Crippen LogP contribution in [0.15, 0.2) is 58.6 Å². The summed E-state index contributed by atoms with van der Waals surface area (Å²) in [7, 11) is 1.54. The molecule has 0 aliphatic carbocycles. The lowest BCUT2D eigenvalue weighted by molar-refractivity contribution is -0.139. The van der Waals surface area contributed by atoms with Gasteiger partial charge in [-0.25, -0.2) is 14.4 Å². The molecule has 33 heavy (non-hydrogen) atoms. The van der Waals surface area contributed by atoms with Gasteiger partial charge in [-0.2, -0.15) is 0 Å². The van der Waals surface area contributed by atoms with Crippen LogP contribution < -0.4 is 15.4 Å². The van der Waals surface area contributed by atoms with E-state index in [-0.39, 0.29) is 35.1 Å². The van der Waals surface area contributed by atoms with E-state index in [2.05, 4.69) is 10.6 Å². The third-order valence-corrected chi connectivity index (χ3v) is 5.89. The van der Waals surface area contributed by atoms with Gasteiger partial charge in [-0.05, 0) is 49.1 Å². The summed E-state index contributed by atoms with van der Waals surface area (Å²) in [5, 5.41) is 5.52. The molecule has 1 aliphatic heterocycles. The number of ether oxygens (including phenoxy) is 3. The van der Waals surface area contributed by atoms with Gasteiger partial charge in [0.05, 0.1) is 41.6 Å². The van der Waals surface area contributed by atoms with Gasteiger partial charge in [0, 0.05) is 4.90 Å². The molecule has 2 N–H and O–H groups in total. The summed E-state index contributed by atoms with van der Waals surface area (Å²) < 4.78 is 15.8. The fourth-order valence-electron chi connectivity index (χ4n) is 3.23. The number of thioether (sulfide) groups is 1. The van der Waals surface area contributed by atoms with Gasteiger partial charge in [0.25, 0.3) is 0 Å². The second-order valence-corrected chi connectivity index (χ2v) is 8.13. The number of carbonyl (C=O) groups is 3. The van der Waals surface area contributed by atoms with E-state index in [1.807, 2.05) is 6.26 Å². The predicted octanol–water partition coefficient (Wildman–Crippen LogP) is 4.10. The SMILES string of the molecule is CCOC(=O)C1=C(COC(=O)c2cc(SC)ccc2Cl)NC(=O)NC1c1ccc(OC)cc1. The van der Waals surface area contributed by atoms with Gasteiger partial charge < -0.3 is 24.8 Å². The molecule has 1 aliphatic rings. The summed E-state index contributed by atoms with van der Waals surface area (Å²) in [6.45, 7) is 1.46. The van der Waals surface area contributed by atoms with Crippen LogP contribution in [0.5, 0.6) is 5.75 Å². The highest BCUT2D eigenvalue weighted by atomic mass is 35.5. The smallest absolute Gasteiger partial charge is 0.340 e. The van der Waals surface area contributed by atoms with Crippen molar-refractivity contribution in [2.75, 3.05) is 26.6 Å². The van der Waals surface area contributed by atoms with Crippen molar-refractivity contribution in [2.24, 2.45) is 0 Å². The minimum atomic E-state index is -0.805. The highest BCUT2D eigenvalue weighted by Crippen LogP contribution is 2.30. The van der Waals surface area contributed by atoms with Crippen molar-refractivity contribution in [3.63, 3.8) is 0 Å². The molecule has 0 aromatic heterocycles. The fourth-order valence-corrected chi connectivity index (χ4v) is 3.87. The second kappa shape index (κ2) is 11.1.